The molecule has 0 aromatic heterocycles. The van der Waals surface area contributed by atoms with E-state index >= 15 is 0 Å². The van der Waals surface area contributed by atoms with Crippen molar-refractivity contribution in [1.82, 2.24) is 0 Å². The number of nitrogens with one attached hydrogen (secondary N) is 4. The van der Waals surface area contributed by atoms with Gasteiger partial charge in [-0.1, -0.05) is 0 Å². The molecule has 0 unspecified atom stereocenters. The van der Waals surface area contributed by atoms with E-state index in [1.54, 1.807) is 0 Å². The zero-order valence-electron chi connectivity index (χ0n) is 5.82. The van der Waals surface area contributed by atoms with Crippen LogP contribution in [0, 0.1) is 21.6 Å². The van der Waals surface area contributed by atoms with Gasteiger partial charge in [0.1, 0.15) is 22.8 Å². The minimum absolute atomic E-state index is 0.805. The Kier molecular flexibility index (Phi) is 1.53. The summed E-state index contributed by atoms with van der Waals surface area (Å²) >= 11 is 0. The van der Waals surface area contributed by atoms with Crippen LogP contribution in [-0.2, 0) is 9.59 Å². The van der Waals surface area contributed by atoms with Crippen molar-refractivity contribution in [2.75, 3.05) is 0 Å². The van der Waals surface area contributed by atoms with Gasteiger partial charge in [0.05, 0.1) is 0 Å². The summed E-state index contributed by atoms with van der Waals surface area (Å²) in [5, 5.41) is 27.7. The minimum atomic E-state index is -1.04. The average Bonchev–Trinajstić information content (AvgIpc) is 2.08. The number of Topliss-reactive ketones (excluding diaryl/α,β-unsaturated/α-hetero) is 2. The molecule has 1 aliphatic carbocycles. The zero-order valence-corrected chi connectivity index (χ0v) is 5.82. The van der Waals surface area contributed by atoms with Gasteiger partial charge in [-0.15, -0.1) is 0 Å². The summed E-state index contributed by atoms with van der Waals surface area (Å²) in [5.41, 5.74) is -3.22. The lowest BCUT2D eigenvalue weighted by molar-refractivity contribution is -0.109. The van der Waals surface area contributed by atoms with E-state index in [0.717, 1.165) is 0 Å². The lowest BCUT2D eigenvalue weighted by Crippen LogP contribution is -2.48. The third-order valence-electron chi connectivity index (χ3n) is 1.41. The number of hydrogen-bond donors (Lipinski definition) is 4. The highest BCUT2D eigenvalue weighted by Crippen LogP contribution is 1.98. The normalized spacial score (nSPS) is 19.0. The monoisotopic (exact) mass is 164 g/mol. The molecule has 1 rings (SSSR count). The van der Waals surface area contributed by atoms with Gasteiger partial charge < -0.3 is 0 Å². The maximum Gasteiger partial charge on any atom is 0.232 e. The van der Waals surface area contributed by atoms with Gasteiger partial charge in [0, 0.05) is 0 Å². The molecule has 0 amide bonds. The Morgan fingerprint density at radius 2 is 0.750 bits per heavy atom. The first-order valence-electron chi connectivity index (χ1n) is 2.91. The number of carbonyl (C=O) groups excluding carboxylic acids is 2. The van der Waals surface area contributed by atoms with Crippen LogP contribution in [0.25, 0.3) is 0 Å². The molecule has 1 fully saturated rings. The molecule has 0 aromatic rings. The molecule has 1 aliphatic rings. The molecule has 0 aromatic carbocycles. The fourth-order valence-electron chi connectivity index (χ4n) is 0.704. The third-order valence-corrected chi connectivity index (χ3v) is 1.41. The van der Waals surface area contributed by atoms with E-state index in [4.69, 9.17) is 21.6 Å². The van der Waals surface area contributed by atoms with Crippen molar-refractivity contribution >= 4 is 34.4 Å². The zero-order chi connectivity index (χ0) is 9.46. The van der Waals surface area contributed by atoms with Crippen molar-refractivity contribution in [2.45, 2.75) is 0 Å². The topological polar surface area (TPSA) is 130 Å². The van der Waals surface area contributed by atoms with Crippen molar-refractivity contribution in [3.05, 3.63) is 0 Å². The molecule has 0 atom stereocenters. The van der Waals surface area contributed by atoms with Crippen molar-refractivity contribution in [2.24, 2.45) is 0 Å². The van der Waals surface area contributed by atoms with Crippen LogP contribution >= 0.6 is 0 Å². The van der Waals surface area contributed by atoms with E-state index in [2.05, 4.69) is 0 Å². The quantitative estimate of drug-likeness (QED) is 0.374. The molecule has 1 saturated carbocycles. The molecule has 0 radical (unpaired) electrons. The first-order valence-corrected chi connectivity index (χ1v) is 2.91. The van der Waals surface area contributed by atoms with Crippen molar-refractivity contribution in [3.8, 4) is 0 Å². The fraction of sp³-hybridized carbons (Fsp3) is 0. The summed E-state index contributed by atoms with van der Waals surface area (Å²) in [5.74, 6) is -2.07. The molecule has 0 bridgehead atoms. The molecule has 6 heteroatoms. The molecule has 0 saturated heterocycles. The highest BCUT2D eigenvalue weighted by Gasteiger charge is 2.36. The number of carbonyl (C=O) groups is 2. The Hall–Kier alpha value is -1.98. The van der Waals surface area contributed by atoms with Crippen LogP contribution in [0.5, 0.6) is 0 Å². The Morgan fingerprint density at radius 3 is 0.917 bits per heavy atom. The molecule has 0 aliphatic heterocycles. The molecule has 0 heterocycles. The molecular weight excluding hydrogens is 160 g/mol. The Bertz CT molecular complexity index is 249. The second-order valence-electron chi connectivity index (χ2n) is 2.16. The predicted octanol–water partition coefficient (Wildman–Crippen LogP) is -0.783. The summed E-state index contributed by atoms with van der Waals surface area (Å²) in [6, 6.07) is 0. The summed E-state index contributed by atoms with van der Waals surface area (Å²) in [6.45, 7) is 0. The van der Waals surface area contributed by atoms with E-state index in [0.29, 0.717) is 0 Å². The van der Waals surface area contributed by atoms with E-state index in [1.807, 2.05) is 0 Å². The van der Waals surface area contributed by atoms with Crippen LogP contribution in [0.1, 0.15) is 0 Å². The van der Waals surface area contributed by atoms with Crippen LogP contribution in [-0.4, -0.2) is 34.4 Å². The van der Waals surface area contributed by atoms with E-state index in [1.165, 1.54) is 0 Å². The summed E-state index contributed by atoms with van der Waals surface area (Å²) in [7, 11) is 0. The lowest BCUT2D eigenvalue weighted by atomic mass is 9.90. The van der Waals surface area contributed by atoms with Gasteiger partial charge in [-0.3, -0.25) is 31.2 Å². The molecular formula is C6H4N4O2. The van der Waals surface area contributed by atoms with Crippen LogP contribution in [0.3, 0.4) is 0 Å². The van der Waals surface area contributed by atoms with Gasteiger partial charge in [0.2, 0.25) is 11.6 Å². The van der Waals surface area contributed by atoms with Gasteiger partial charge in [-0.05, 0) is 0 Å². The summed E-state index contributed by atoms with van der Waals surface area (Å²) < 4.78 is 0. The summed E-state index contributed by atoms with van der Waals surface area (Å²) in [4.78, 5) is 21.6. The number of hydrogen-bond acceptors (Lipinski definition) is 6. The van der Waals surface area contributed by atoms with Crippen LogP contribution in [0.15, 0.2) is 0 Å². The van der Waals surface area contributed by atoms with Crippen LogP contribution in [0.4, 0.5) is 0 Å². The average molecular weight is 164 g/mol. The Balaban J connectivity index is 3.25. The molecule has 0 spiro atoms. The molecule has 12 heavy (non-hydrogen) atoms. The summed E-state index contributed by atoms with van der Waals surface area (Å²) in [6.07, 6.45) is 0. The highest BCUT2D eigenvalue weighted by atomic mass is 16.1. The number of ketones is 2. The third kappa shape index (κ3) is 0.815. The maximum atomic E-state index is 10.8. The van der Waals surface area contributed by atoms with E-state index < -0.39 is 34.4 Å². The van der Waals surface area contributed by atoms with Crippen LogP contribution < -0.4 is 0 Å². The lowest BCUT2D eigenvalue weighted by Gasteiger charge is -2.11. The standard InChI is InChI=1S/C6H4N4O2/c7-1-2(8)6(12)4(10)3(9)5(1)11/h7-10H. The highest BCUT2D eigenvalue weighted by molar-refractivity contribution is 7.10. The van der Waals surface area contributed by atoms with Gasteiger partial charge in [0.15, 0.2) is 0 Å². The Labute approximate surface area is 66.6 Å². The van der Waals surface area contributed by atoms with E-state index in [9.17, 15) is 9.59 Å². The van der Waals surface area contributed by atoms with Gasteiger partial charge in [-0.2, -0.15) is 0 Å². The predicted molar refractivity (Wildman–Crippen MR) is 40.9 cm³/mol. The fourth-order valence-corrected chi connectivity index (χ4v) is 0.704. The van der Waals surface area contributed by atoms with Gasteiger partial charge in [-0.25, -0.2) is 0 Å². The van der Waals surface area contributed by atoms with Crippen molar-refractivity contribution < 1.29 is 9.59 Å². The second-order valence-corrected chi connectivity index (χ2v) is 2.16. The molecule has 4 N–H and O–H groups in total. The molecule has 6 nitrogen and oxygen atoms in total. The van der Waals surface area contributed by atoms with Crippen molar-refractivity contribution in [3.63, 3.8) is 0 Å². The van der Waals surface area contributed by atoms with Gasteiger partial charge in [0.25, 0.3) is 0 Å². The molecule has 60 valence electrons. The second kappa shape index (κ2) is 2.26. The van der Waals surface area contributed by atoms with Crippen LogP contribution in [0.2, 0.25) is 0 Å². The first kappa shape index (κ1) is 8.12. The van der Waals surface area contributed by atoms with Gasteiger partial charge >= 0.3 is 0 Å². The minimum Gasteiger partial charge on any atom is -0.295 e. The smallest absolute Gasteiger partial charge is 0.232 e. The van der Waals surface area contributed by atoms with Crippen molar-refractivity contribution in [1.29, 1.82) is 21.6 Å². The Morgan fingerprint density at radius 1 is 0.583 bits per heavy atom. The largest absolute Gasteiger partial charge is 0.295 e. The SMILES string of the molecule is N=C1C(=N)C(=O)C(=N)C(=N)C1=O. The number of rotatable bonds is 0. The first-order chi connectivity index (χ1) is 5.46. The maximum absolute atomic E-state index is 10.8. The van der Waals surface area contributed by atoms with E-state index in [-0.39, 0.29) is 0 Å².